The van der Waals surface area contributed by atoms with Gasteiger partial charge in [0, 0.05) is 32.5 Å². The van der Waals surface area contributed by atoms with Crippen LogP contribution in [0.5, 0.6) is 0 Å². The quantitative estimate of drug-likeness (QED) is 0.358. The van der Waals surface area contributed by atoms with E-state index in [0.29, 0.717) is 25.7 Å². The van der Waals surface area contributed by atoms with E-state index in [4.69, 9.17) is 10.00 Å². The van der Waals surface area contributed by atoms with E-state index in [2.05, 4.69) is 24.5 Å². The molecule has 0 radical (unpaired) electrons. The SMILES string of the molecule is CCOCCCNC(=O)/C(C#N)=C\NCCC(C)C. The van der Waals surface area contributed by atoms with Gasteiger partial charge in [-0.3, -0.25) is 4.79 Å². The molecule has 0 rings (SSSR count). The van der Waals surface area contributed by atoms with Crippen molar-refractivity contribution in [2.45, 2.75) is 33.6 Å². The number of carbonyl (C=O) groups is 1. The van der Waals surface area contributed by atoms with Crippen LogP contribution in [0.25, 0.3) is 0 Å². The van der Waals surface area contributed by atoms with Crippen LogP contribution in [-0.4, -0.2) is 32.2 Å². The summed E-state index contributed by atoms with van der Waals surface area (Å²) in [6.45, 7) is 8.76. The van der Waals surface area contributed by atoms with Crippen molar-refractivity contribution in [3.05, 3.63) is 11.8 Å². The molecule has 108 valence electrons. The molecule has 0 heterocycles. The largest absolute Gasteiger partial charge is 0.390 e. The van der Waals surface area contributed by atoms with E-state index in [1.807, 2.05) is 13.0 Å². The van der Waals surface area contributed by atoms with E-state index < -0.39 is 0 Å². The second kappa shape index (κ2) is 11.5. The summed E-state index contributed by atoms with van der Waals surface area (Å²) in [5.41, 5.74) is 0.111. The summed E-state index contributed by atoms with van der Waals surface area (Å²) < 4.78 is 5.16. The van der Waals surface area contributed by atoms with Crippen LogP contribution in [0.1, 0.15) is 33.6 Å². The first-order valence-electron chi connectivity index (χ1n) is 6.81. The highest BCUT2D eigenvalue weighted by atomic mass is 16.5. The first-order valence-corrected chi connectivity index (χ1v) is 6.81. The molecule has 5 heteroatoms. The monoisotopic (exact) mass is 267 g/mol. The van der Waals surface area contributed by atoms with Crippen molar-refractivity contribution in [2.24, 2.45) is 5.92 Å². The van der Waals surface area contributed by atoms with Crippen molar-refractivity contribution in [1.29, 1.82) is 5.26 Å². The predicted molar refractivity (Wildman–Crippen MR) is 75.3 cm³/mol. The minimum Gasteiger partial charge on any atom is -0.390 e. The molecular weight excluding hydrogens is 242 g/mol. The summed E-state index contributed by atoms with van der Waals surface area (Å²) in [6, 6.07) is 1.90. The summed E-state index contributed by atoms with van der Waals surface area (Å²) in [5, 5.41) is 14.6. The lowest BCUT2D eigenvalue weighted by atomic mass is 10.1. The molecule has 0 atom stereocenters. The fourth-order valence-electron chi connectivity index (χ4n) is 1.31. The van der Waals surface area contributed by atoms with E-state index in [9.17, 15) is 4.79 Å². The van der Waals surface area contributed by atoms with Gasteiger partial charge in [-0.05, 0) is 25.7 Å². The normalized spacial score (nSPS) is 11.2. The Labute approximate surface area is 116 Å². The van der Waals surface area contributed by atoms with Crippen molar-refractivity contribution in [2.75, 3.05) is 26.3 Å². The van der Waals surface area contributed by atoms with Gasteiger partial charge in [-0.25, -0.2) is 0 Å². The molecule has 0 unspecified atom stereocenters. The number of hydrogen-bond donors (Lipinski definition) is 2. The highest BCUT2D eigenvalue weighted by Gasteiger charge is 2.07. The van der Waals surface area contributed by atoms with E-state index >= 15 is 0 Å². The standard InChI is InChI=1S/C14H25N3O2/c1-4-19-9-5-7-17-14(18)13(10-15)11-16-8-6-12(2)3/h11-12,16H,4-9H2,1-3H3,(H,17,18)/b13-11-. The third-order valence-corrected chi connectivity index (χ3v) is 2.43. The Morgan fingerprint density at radius 3 is 2.74 bits per heavy atom. The van der Waals surface area contributed by atoms with Crippen molar-refractivity contribution < 1.29 is 9.53 Å². The lowest BCUT2D eigenvalue weighted by Gasteiger charge is -2.06. The molecular formula is C14H25N3O2. The Bertz CT molecular complexity index is 319. The van der Waals surface area contributed by atoms with Gasteiger partial charge in [-0.1, -0.05) is 13.8 Å². The summed E-state index contributed by atoms with van der Waals surface area (Å²) in [5.74, 6) is 0.259. The van der Waals surface area contributed by atoms with Gasteiger partial charge in [-0.2, -0.15) is 5.26 Å². The fourth-order valence-corrected chi connectivity index (χ4v) is 1.31. The molecule has 0 aromatic heterocycles. The van der Waals surface area contributed by atoms with Gasteiger partial charge in [0.1, 0.15) is 11.6 Å². The zero-order valence-electron chi connectivity index (χ0n) is 12.2. The zero-order chi connectivity index (χ0) is 14.5. The van der Waals surface area contributed by atoms with Crippen LogP contribution in [0.3, 0.4) is 0 Å². The van der Waals surface area contributed by atoms with Crippen LogP contribution in [0.2, 0.25) is 0 Å². The number of nitrogens with one attached hydrogen (secondary N) is 2. The first-order chi connectivity index (χ1) is 9.11. The van der Waals surface area contributed by atoms with Gasteiger partial charge in [0.05, 0.1) is 0 Å². The molecule has 5 nitrogen and oxygen atoms in total. The lowest BCUT2D eigenvalue weighted by Crippen LogP contribution is -2.27. The maximum Gasteiger partial charge on any atom is 0.263 e. The molecule has 0 aliphatic rings. The average molecular weight is 267 g/mol. The Morgan fingerprint density at radius 2 is 2.16 bits per heavy atom. The van der Waals surface area contributed by atoms with Crippen molar-refractivity contribution >= 4 is 5.91 Å². The molecule has 0 bridgehead atoms. The summed E-state index contributed by atoms with van der Waals surface area (Å²) in [6.07, 6.45) is 3.24. The second-order valence-corrected chi connectivity index (χ2v) is 4.61. The van der Waals surface area contributed by atoms with Gasteiger partial charge in [0.15, 0.2) is 0 Å². The van der Waals surface area contributed by atoms with Gasteiger partial charge >= 0.3 is 0 Å². The molecule has 0 aliphatic heterocycles. The van der Waals surface area contributed by atoms with Crippen LogP contribution < -0.4 is 10.6 Å². The van der Waals surface area contributed by atoms with E-state index in [1.54, 1.807) is 0 Å². The molecule has 1 amide bonds. The Hall–Kier alpha value is -1.54. The highest BCUT2D eigenvalue weighted by Crippen LogP contribution is 1.97. The highest BCUT2D eigenvalue weighted by molar-refractivity contribution is 5.97. The van der Waals surface area contributed by atoms with Crippen molar-refractivity contribution in [3.8, 4) is 6.07 Å². The lowest BCUT2D eigenvalue weighted by molar-refractivity contribution is -0.117. The molecule has 2 N–H and O–H groups in total. The number of rotatable bonds is 10. The minimum absolute atomic E-state index is 0.111. The molecule has 0 aromatic rings. The number of ether oxygens (including phenoxy) is 1. The van der Waals surface area contributed by atoms with Gasteiger partial charge < -0.3 is 15.4 Å². The van der Waals surface area contributed by atoms with E-state index in [1.165, 1.54) is 6.20 Å². The Kier molecular flexibility index (Phi) is 10.6. The second-order valence-electron chi connectivity index (χ2n) is 4.61. The molecule has 0 saturated carbocycles. The number of nitriles is 1. The molecule has 19 heavy (non-hydrogen) atoms. The number of carbonyl (C=O) groups excluding carboxylic acids is 1. The number of amides is 1. The summed E-state index contributed by atoms with van der Waals surface area (Å²) >= 11 is 0. The summed E-state index contributed by atoms with van der Waals surface area (Å²) in [7, 11) is 0. The van der Waals surface area contributed by atoms with E-state index in [0.717, 1.165) is 19.4 Å². The molecule has 0 aliphatic carbocycles. The topological polar surface area (TPSA) is 74.1 Å². The summed E-state index contributed by atoms with van der Waals surface area (Å²) in [4.78, 5) is 11.7. The van der Waals surface area contributed by atoms with Crippen LogP contribution in [0, 0.1) is 17.2 Å². The smallest absolute Gasteiger partial charge is 0.263 e. The predicted octanol–water partition coefficient (Wildman–Crippen LogP) is 1.57. The minimum atomic E-state index is -0.337. The zero-order valence-corrected chi connectivity index (χ0v) is 12.2. The van der Waals surface area contributed by atoms with Crippen LogP contribution in [-0.2, 0) is 9.53 Å². The van der Waals surface area contributed by atoms with Gasteiger partial charge in [0.25, 0.3) is 5.91 Å². The molecule has 0 saturated heterocycles. The Morgan fingerprint density at radius 1 is 1.42 bits per heavy atom. The van der Waals surface area contributed by atoms with Crippen LogP contribution in [0.15, 0.2) is 11.8 Å². The van der Waals surface area contributed by atoms with Gasteiger partial charge in [-0.15, -0.1) is 0 Å². The first kappa shape index (κ1) is 17.5. The maximum atomic E-state index is 11.7. The third-order valence-electron chi connectivity index (χ3n) is 2.43. The van der Waals surface area contributed by atoms with Crippen molar-refractivity contribution in [3.63, 3.8) is 0 Å². The van der Waals surface area contributed by atoms with Crippen molar-refractivity contribution in [1.82, 2.24) is 10.6 Å². The number of hydrogen-bond acceptors (Lipinski definition) is 4. The van der Waals surface area contributed by atoms with Crippen LogP contribution >= 0.6 is 0 Å². The Balaban J connectivity index is 3.90. The molecule has 0 aromatic carbocycles. The maximum absolute atomic E-state index is 11.7. The van der Waals surface area contributed by atoms with Gasteiger partial charge in [0.2, 0.25) is 0 Å². The molecule has 0 fully saturated rings. The third kappa shape index (κ3) is 10.1. The van der Waals surface area contributed by atoms with Crippen LogP contribution in [0.4, 0.5) is 0 Å². The fraction of sp³-hybridized carbons (Fsp3) is 0.714. The molecule has 0 spiro atoms. The number of nitrogens with zero attached hydrogens (tertiary/aromatic N) is 1. The average Bonchev–Trinajstić information content (AvgIpc) is 2.38. The van der Waals surface area contributed by atoms with E-state index in [-0.39, 0.29) is 11.5 Å².